The molecule has 1 aromatic heterocycles. The van der Waals surface area contributed by atoms with E-state index in [2.05, 4.69) is 39.5 Å². The predicted molar refractivity (Wildman–Crippen MR) is 78.9 cm³/mol. The minimum Gasteiger partial charge on any atom is -0.480 e. The molecule has 0 unspecified atom stereocenters. The van der Waals surface area contributed by atoms with Gasteiger partial charge >= 0.3 is 0 Å². The number of anilines is 2. The van der Waals surface area contributed by atoms with Crippen LogP contribution in [0.4, 0.5) is 11.4 Å². The van der Waals surface area contributed by atoms with Crippen LogP contribution in [-0.2, 0) is 6.54 Å². The van der Waals surface area contributed by atoms with Gasteiger partial charge in [0.1, 0.15) is 0 Å². The molecule has 0 atom stereocenters. The van der Waals surface area contributed by atoms with Crippen LogP contribution < -0.4 is 15.0 Å². The maximum absolute atomic E-state index is 5.20. The number of hydrogen-bond donors (Lipinski definition) is 1. The Labute approximate surface area is 114 Å². The summed E-state index contributed by atoms with van der Waals surface area (Å²) in [5.74, 6) is 0.618. The fraction of sp³-hybridized carbons (Fsp3) is 0.267. The van der Waals surface area contributed by atoms with E-state index in [4.69, 9.17) is 4.74 Å². The normalized spacial score (nSPS) is 10.1. The minimum absolute atomic E-state index is 0.618. The van der Waals surface area contributed by atoms with Crippen molar-refractivity contribution in [3.05, 3.63) is 48.2 Å². The Morgan fingerprint density at radius 3 is 2.53 bits per heavy atom. The monoisotopic (exact) mass is 257 g/mol. The summed E-state index contributed by atoms with van der Waals surface area (Å²) < 4.78 is 5.20. The molecule has 0 aliphatic heterocycles. The Kier molecular flexibility index (Phi) is 4.23. The van der Waals surface area contributed by atoms with Gasteiger partial charge in [-0.1, -0.05) is 12.1 Å². The first-order valence-electron chi connectivity index (χ1n) is 6.20. The molecule has 4 heteroatoms. The molecule has 0 radical (unpaired) electrons. The third-order valence-corrected chi connectivity index (χ3v) is 2.90. The number of pyridine rings is 1. The van der Waals surface area contributed by atoms with Gasteiger partial charge in [0.2, 0.25) is 5.88 Å². The minimum atomic E-state index is 0.618. The second-order valence-electron chi connectivity index (χ2n) is 4.47. The van der Waals surface area contributed by atoms with Crippen molar-refractivity contribution in [2.75, 3.05) is 31.4 Å². The van der Waals surface area contributed by atoms with E-state index in [1.165, 1.54) is 11.3 Å². The van der Waals surface area contributed by atoms with Gasteiger partial charge in [-0.3, -0.25) is 0 Å². The Balaban J connectivity index is 2.02. The molecule has 0 saturated carbocycles. The van der Waals surface area contributed by atoms with Crippen LogP contribution >= 0.6 is 0 Å². The largest absolute Gasteiger partial charge is 0.480 e. The van der Waals surface area contributed by atoms with Crippen LogP contribution in [0.5, 0.6) is 5.88 Å². The summed E-state index contributed by atoms with van der Waals surface area (Å²) >= 11 is 0. The molecule has 1 heterocycles. The summed E-state index contributed by atoms with van der Waals surface area (Å²) in [6.07, 6.45) is 1.72. The van der Waals surface area contributed by atoms with Crippen LogP contribution in [0.3, 0.4) is 0 Å². The highest BCUT2D eigenvalue weighted by molar-refractivity contribution is 5.53. The molecule has 2 aromatic rings. The summed E-state index contributed by atoms with van der Waals surface area (Å²) in [4.78, 5) is 6.24. The van der Waals surface area contributed by atoms with Crippen molar-refractivity contribution in [3.63, 3.8) is 0 Å². The van der Waals surface area contributed by atoms with Crippen LogP contribution in [-0.4, -0.2) is 26.2 Å². The molecule has 0 amide bonds. The third-order valence-electron chi connectivity index (χ3n) is 2.90. The Morgan fingerprint density at radius 2 is 1.89 bits per heavy atom. The molecule has 4 nitrogen and oxygen atoms in total. The molecule has 0 aliphatic rings. The van der Waals surface area contributed by atoms with Gasteiger partial charge in [-0.15, -0.1) is 0 Å². The predicted octanol–water partition coefficient (Wildman–Crippen LogP) is 2.77. The number of hydrogen-bond acceptors (Lipinski definition) is 4. The van der Waals surface area contributed by atoms with E-state index in [1.807, 2.05) is 26.2 Å². The lowest BCUT2D eigenvalue weighted by atomic mass is 10.2. The van der Waals surface area contributed by atoms with Gasteiger partial charge in [0.15, 0.2) is 0 Å². The second kappa shape index (κ2) is 6.09. The summed E-state index contributed by atoms with van der Waals surface area (Å²) in [6.45, 7) is 0.746. The molecule has 0 bridgehead atoms. The number of rotatable bonds is 5. The fourth-order valence-electron chi connectivity index (χ4n) is 1.80. The summed E-state index contributed by atoms with van der Waals surface area (Å²) in [5, 5.41) is 3.33. The van der Waals surface area contributed by atoms with E-state index in [-0.39, 0.29) is 0 Å². The lowest BCUT2D eigenvalue weighted by Gasteiger charge is -2.13. The Hall–Kier alpha value is -2.23. The molecule has 19 heavy (non-hydrogen) atoms. The quantitative estimate of drug-likeness (QED) is 0.893. The highest BCUT2D eigenvalue weighted by Crippen LogP contribution is 2.21. The van der Waals surface area contributed by atoms with E-state index >= 15 is 0 Å². The highest BCUT2D eigenvalue weighted by Gasteiger charge is 2.02. The molecule has 100 valence electrons. The topological polar surface area (TPSA) is 37.4 Å². The van der Waals surface area contributed by atoms with E-state index < -0.39 is 0 Å². The number of benzene rings is 1. The molecule has 0 aliphatic carbocycles. The van der Waals surface area contributed by atoms with Crippen LogP contribution in [0.25, 0.3) is 0 Å². The van der Waals surface area contributed by atoms with Crippen LogP contribution in [0, 0.1) is 0 Å². The van der Waals surface area contributed by atoms with E-state index in [9.17, 15) is 0 Å². The van der Waals surface area contributed by atoms with Gasteiger partial charge < -0.3 is 15.0 Å². The van der Waals surface area contributed by atoms with Crippen LogP contribution in [0.15, 0.2) is 42.6 Å². The van der Waals surface area contributed by atoms with Crippen LogP contribution in [0.2, 0.25) is 0 Å². The van der Waals surface area contributed by atoms with Crippen molar-refractivity contribution in [1.82, 2.24) is 4.98 Å². The zero-order valence-electron chi connectivity index (χ0n) is 11.6. The molecule has 0 spiro atoms. The number of nitrogens with one attached hydrogen (secondary N) is 1. The number of methoxy groups -OCH3 is 1. The van der Waals surface area contributed by atoms with E-state index in [1.54, 1.807) is 13.3 Å². The van der Waals surface area contributed by atoms with Crippen molar-refractivity contribution in [2.24, 2.45) is 0 Å². The molecule has 1 aromatic carbocycles. The number of ether oxygens (including phenoxy) is 1. The summed E-state index contributed by atoms with van der Waals surface area (Å²) in [5.41, 5.74) is 3.32. The fourth-order valence-corrected chi connectivity index (χ4v) is 1.80. The van der Waals surface area contributed by atoms with Gasteiger partial charge in [0.25, 0.3) is 0 Å². The van der Waals surface area contributed by atoms with Gasteiger partial charge in [0.05, 0.1) is 12.8 Å². The smallest absolute Gasteiger partial charge is 0.237 e. The molecular formula is C15H19N3O. The summed E-state index contributed by atoms with van der Waals surface area (Å²) in [7, 11) is 5.70. The lowest BCUT2D eigenvalue weighted by Crippen LogP contribution is -2.08. The average Bonchev–Trinajstić information content (AvgIpc) is 2.45. The third kappa shape index (κ3) is 3.37. The Bertz CT molecular complexity index is 523. The standard InChI is InChI=1S/C15H19N3O/c1-18(2)13-8-6-12(7-9-13)11-17-14-5-4-10-16-15(14)19-3/h4-10,17H,11H2,1-3H3. The first-order valence-corrected chi connectivity index (χ1v) is 6.20. The van der Waals surface area contributed by atoms with E-state index in [0.29, 0.717) is 5.88 Å². The van der Waals surface area contributed by atoms with Gasteiger partial charge in [0, 0.05) is 32.5 Å². The molecule has 2 rings (SSSR count). The van der Waals surface area contributed by atoms with Crippen molar-refractivity contribution in [1.29, 1.82) is 0 Å². The van der Waals surface area contributed by atoms with Gasteiger partial charge in [-0.05, 0) is 29.8 Å². The molecule has 0 fully saturated rings. The number of aromatic nitrogens is 1. The maximum Gasteiger partial charge on any atom is 0.237 e. The number of nitrogens with zero attached hydrogens (tertiary/aromatic N) is 2. The first kappa shape index (κ1) is 13.2. The molecular weight excluding hydrogens is 238 g/mol. The molecule has 0 saturated heterocycles. The zero-order chi connectivity index (χ0) is 13.7. The Morgan fingerprint density at radius 1 is 1.16 bits per heavy atom. The SMILES string of the molecule is COc1ncccc1NCc1ccc(N(C)C)cc1. The van der Waals surface area contributed by atoms with E-state index in [0.717, 1.165) is 12.2 Å². The highest BCUT2D eigenvalue weighted by atomic mass is 16.5. The van der Waals surface area contributed by atoms with Crippen molar-refractivity contribution in [3.8, 4) is 5.88 Å². The summed E-state index contributed by atoms with van der Waals surface area (Å²) in [6, 6.07) is 12.3. The average molecular weight is 257 g/mol. The van der Waals surface area contributed by atoms with Crippen molar-refractivity contribution >= 4 is 11.4 Å². The van der Waals surface area contributed by atoms with Crippen molar-refractivity contribution < 1.29 is 4.74 Å². The van der Waals surface area contributed by atoms with Gasteiger partial charge in [-0.2, -0.15) is 0 Å². The van der Waals surface area contributed by atoms with Crippen LogP contribution in [0.1, 0.15) is 5.56 Å². The first-order chi connectivity index (χ1) is 9.20. The van der Waals surface area contributed by atoms with Crippen molar-refractivity contribution in [2.45, 2.75) is 6.54 Å². The molecule has 1 N–H and O–H groups in total. The lowest BCUT2D eigenvalue weighted by molar-refractivity contribution is 0.399. The van der Waals surface area contributed by atoms with Gasteiger partial charge in [-0.25, -0.2) is 4.98 Å². The second-order valence-corrected chi connectivity index (χ2v) is 4.47. The maximum atomic E-state index is 5.20. The zero-order valence-corrected chi connectivity index (χ0v) is 11.6.